The molecule has 26 heavy (non-hydrogen) atoms. The maximum Gasteiger partial charge on any atom is 0.272 e. The average molecular weight is 347 g/mol. The Morgan fingerprint density at radius 2 is 2.08 bits per heavy atom. The van der Waals surface area contributed by atoms with Crippen LogP contribution in [0.1, 0.15) is 35.3 Å². The van der Waals surface area contributed by atoms with Gasteiger partial charge < -0.3 is 4.90 Å². The smallest absolute Gasteiger partial charge is 0.272 e. The molecule has 0 aliphatic carbocycles. The van der Waals surface area contributed by atoms with Gasteiger partial charge in [0.05, 0.1) is 5.69 Å². The third-order valence-corrected chi connectivity index (χ3v) is 4.92. The molecule has 0 unspecified atom stereocenters. The first kappa shape index (κ1) is 16.4. The van der Waals surface area contributed by atoms with Crippen molar-refractivity contribution < 1.29 is 4.79 Å². The van der Waals surface area contributed by atoms with Crippen molar-refractivity contribution in [3.63, 3.8) is 0 Å². The molecular weight excluding hydrogens is 326 g/mol. The summed E-state index contributed by atoms with van der Waals surface area (Å²) in [5, 5.41) is 7.18. The summed E-state index contributed by atoms with van der Waals surface area (Å²) in [6, 6.07) is 9.97. The minimum Gasteiger partial charge on any atom is -0.334 e. The van der Waals surface area contributed by atoms with E-state index in [4.69, 9.17) is 0 Å². The maximum absolute atomic E-state index is 12.9. The lowest BCUT2D eigenvalue weighted by Gasteiger charge is -2.24. The van der Waals surface area contributed by atoms with Crippen LogP contribution in [0.2, 0.25) is 0 Å². The lowest BCUT2D eigenvalue weighted by Crippen LogP contribution is -2.36. The Morgan fingerprint density at radius 1 is 1.19 bits per heavy atom. The molecule has 3 aromatic rings. The van der Waals surface area contributed by atoms with Crippen molar-refractivity contribution in [2.75, 3.05) is 6.54 Å². The zero-order valence-electron chi connectivity index (χ0n) is 14.5. The number of carbonyl (C=O) groups is 1. The molecule has 0 spiro atoms. The van der Waals surface area contributed by atoms with Gasteiger partial charge in [0.15, 0.2) is 0 Å². The first-order valence-electron chi connectivity index (χ1n) is 8.97. The van der Waals surface area contributed by atoms with E-state index >= 15 is 0 Å². The van der Waals surface area contributed by atoms with Crippen LogP contribution >= 0.6 is 0 Å². The standard InChI is InChI=1S/C20H21N5O/c26-20(19-13-18(23-24-19)16-3-1-9-22-14-16)25-12-2-4-17(25)6-5-15-7-10-21-11-8-15/h1,3,7-11,13-14,17H,2,4-6,12H2,(H,23,24)/t17-/m1/s1. The summed E-state index contributed by atoms with van der Waals surface area (Å²) >= 11 is 0. The van der Waals surface area contributed by atoms with Gasteiger partial charge in [-0.05, 0) is 61.6 Å². The quantitative estimate of drug-likeness (QED) is 0.769. The number of amides is 1. The van der Waals surface area contributed by atoms with Crippen LogP contribution in [0.15, 0.2) is 55.1 Å². The number of hydrogen-bond acceptors (Lipinski definition) is 4. The molecule has 4 heterocycles. The maximum atomic E-state index is 12.9. The van der Waals surface area contributed by atoms with E-state index in [0.717, 1.165) is 43.5 Å². The van der Waals surface area contributed by atoms with E-state index in [1.807, 2.05) is 47.6 Å². The lowest BCUT2D eigenvalue weighted by molar-refractivity contribution is 0.0724. The second-order valence-corrected chi connectivity index (χ2v) is 6.60. The van der Waals surface area contributed by atoms with Gasteiger partial charge in [-0.1, -0.05) is 0 Å². The molecule has 0 radical (unpaired) electrons. The highest BCUT2D eigenvalue weighted by Crippen LogP contribution is 2.25. The predicted octanol–water partition coefficient (Wildman–Crippen LogP) is 3.10. The van der Waals surface area contributed by atoms with Gasteiger partial charge in [-0.2, -0.15) is 5.10 Å². The van der Waals surface area contributed by atoms with Crippen LogP contribution in [0.25, 0.3) is 11.3 Å². The van der Waals surface area contributed by atoms with Gasteiger partial charge in [-0.15, -0.1) is 0 Å². The number of aromatic nitrogens is 4. The molecule has 6 heteroatoms. The number of H-pyrrole nitrogens is 1. The molecule has 0 saturated carbocycles. The first-order valence-corrected chi connectivity index (χ1v) is 8.97. The van der Waals surface area contributed by atoms with Gasteiger partial charge in [-0.3, -0.25) is 19.9 Å². The first-order chi connectivity index (χ1) is 12.8. The van der Waals surface area contributed by atoms with Crippen LogP contribution < -0.4 is 0 Å². The summed E-state index contributed by atoms with van der Waals surface area (Å²) in [6.07, 6.45) is 11.1. The molecule has 1 atom stereocenters. The van der Waals surface area contributed by atoms with Crippen molar-refractivity contribution in [2.45, 2.75) is 31.7 Å². The number of carbonyl (C=O) groups excluding carboxylic acids is 1. The summed E-state index contributed by atoms with van der Waals surface area (Å²) < 4.78 is 0. The van der Waals surface area contributed by atoms with Crippen LogP contribution in [-0.2, 0) is 6.42 Å². The van der Waals surface area contributed by atoms with Crippen LogP contribution in [0, 0.1) is 0 Å². The lowest BCUT2D eigenvalue weighted by atomic mass is 10.0. The van der Waals surface area contributed by atoms with E-state index in [1.165, 1.54) is 5.56 Å². The third kappa shape index (κ3) is 3.49. The highest BCUT2D eigenvalue weighted by molar-refractivity contribution is 5.93. The number of nitrogens with one attached hydrogen (secondary N) is 1. The van der Waals surface area contributed by atoms with Gasteiger partial charge in [0.25, 0.3) is 5.91 Å². The second kappa shape index (κ2) is 7.47. The minimum absolute atomic E-state index is 0.0323. The highest BCUT2D eigenvalue weighted by Gasteiger charge is 2.30. The molecule has 0 aromatic carbocycles. The third-order valence-electron chi connectivity index (χ3n) is 4.92. The van der Waals surface area contributed by atoms with Crippen molar-refractivity contribution in [1.82, 2.24) is 25.1 Å². The number of nitrogens with zero attached hydrogens (tertiary/aromatic N) is 4. The largest absolute Gasteiger partial charge is 0.334 e. The summed E-state index contributed by atoms with van der Waals surface area (Å²) in [7, 11) is 0. The normalized spacial score (nSPS) is 16.8. The van der Waals surface area contributed by atoms with Crippen molar-refractivity contribution in [2.24, 2.45) is 0 Å². The van der Waals surface area contributed by atoms with E-state index in [9.17, 15) is 4.79 Å². The van der Waals surface area contributed by atoms with Crippen LogP contribution in [0.3, 0.4) is 0 Å². The summed E-state index contributed by atoms with van der Waals surface area (Å²) in [5.74, 6) is 0.0323. The zero-order valence-corrected chi connectivity index (χ0v) is 14.5. The number of hydrogen-bond donors (Lipinski definition) is 1. The fourth-order valence-electron chi connectivity index (χ4n) is 3.53. The van der Waals surface area contributed by atoms with Crippen molar-refractivity contribution in [1.29, 1.82) is 0 Å². The summed E-state index contributed by atoms with van der Waals surface area (Å²) in [6.45, 7) is 0.807. The molecule has 1 aliphatic rings. The van der Waals surface area contributed by atoms with E-state index in [0.29, 0.717) is 5.69 Å². The Bertz CT molecular complexity index is 862. The number of aromatic amines is 1. The van der Waals surface area contributed by atoms with E-state index in [-0.39, 0.29) is 11.9 Å². The second-order valence-electron chi connectivity index (χ2n) is 6.60. The Kier molecular flexibility index (Phi) is 4.73. The number of likely N-dealkylation sites (tertiary alicyclic amines) is 1. The summed E-state index contributed by atoms with van der Waals surface area (Å²) in [4.78, 5) is 23.1. The molecule has 4 rings (SSSR count). The predicted molar refractivity (Wildman–Crippen MR) is 98.4 cm³/mol. The number of pyridine rings is 2. The van der Waals surface area contributed by atoms with E-state index in [1.54, 1.807) is 12.4 Å². The molecule has 1 aliphatic heterocycles. The molecule has 0 bridgehead atoms. The molecule has 1 amide bonds. The van der Waals surface area contributed by atoms with Gasteiger partial charge >= 0.3 is 0 Å². The fourth-order valence-corrected chi connectivity index (χ4v) is 3.53. The van der Waals surface area contributed by atoms with Gasteiger partial charge in [-0.25, -0.2) is 0 Å². The molecule has 3 aromatic heterocycles. The Balaban J connectivity index is 1.44. The minimum atomic E-state index is 0.0323. The summed E-state index contributed by atoms with van der Waals surface area (Å²) in [5.41, 5.74) is 3.45. The molecule has 1 fully saturated rings. The fraction of sp³-hybridized carbons (Fsp3) is 0.300. The van der Waals surface area contributed by atoms with Crippen LogP contribution in [-0.4, -0.2) is 43.6 Å². The zero-order chi connectivity index (χ0) is 17.8. The molecule has 6 nitrogen and oxygen atoms in total. The van der Waals surface area contributed by atoms with Crippen LogP contribution in [0.4, 0.5) is 0 Å². The topological polar surface area (TPSA) is 74.8 Å². The van der Waals surface area contributed by atoms with Crippen molar-refractivity contribution in [3.05, 3.63) is 66.4 Å². The molecule has 1 N–H and O–H groups in total. The van der Waals surface area contributed by atoms with Crippen molar-refractivity contribution >= 4 is 5.91 Å². The number of aryl methyl sites for hydroxylation is 1. The molecule has 1 saturated heterocycles. The van der Waals surface area contributed by atoms with E-state index < -0.39 is 0 Å². The Labute approximate surface area is 152 Å². The Morgan fingerprint density at radius 3 is 2.88 bits per heavy atom. The van der Waals surface area contributed by atoms with Gasteiger partial charge in [0.1, 0.15) is 5.69 Å². The van der Waals surface area contributed by atoms with Crippen LogP contribution in [0.5, 0.6) is 0 Å². The Hall–Kier alpha value is -3.02. The van der Waals surface area contributed by atoms with Gasteiger partial charge in [0, 0.05) is 42.9 Å². The monoisotopic (exact) mass is 347 g/mol. The molecular formula is C20H21N5O. The van der Waals surface area contributed by atoms with Gasteiger partial charge in [0.2, 0.25) is 0 Å². The van der Waals surface area contributed by atoms with E-state index in [2.05, 4.69) is 20.2 Å². The highest BCUT2D eigenvalue weighted by atomic mass is 16.2. The number of rotatable bonds is 5. The SMILES string of the molecule is O=C(c1cc(-c2cccnc2)n[nH]1)N1CCC[C@@H]1CCc1ccncc1. The van der Waals surface area contributed by atoms with Crippen molar-refractivity contribution in [3.8, 4) is 11.3 Å². The molecule has 132 valence electrons. The average Bonchev–Trinajstić information content (AvgIpc) is 3.37.